The number of hydrogen-bond donors (Lipinski definition) is 2. The quantitative estimate of drug-likeness (QED) is 0.911. The van der Waals surface area contributed by atoms with E-state index < -0.39 is 0 Å². The van der Waals surface area contributed by atoms with Crippen LogP contribution >= 0.6 is 0 Å². The summed E-state index contributed by atoms with van der Waals surface area (Å²) in [5.74, 6) is 0.635. The van der Waals surface area contributed by atoms with Crippen LogP contribution in [0.2, 0.25) is 0 Å². The number of para-hydroxylation sites is 1. The Kier molecular flexibility index (Phi) is 3.72. The van der Waals surface area contributed by atoms with Crippen LogP contribution < -0.4 is 11.1 Å². The summed E-state index contributed by atoms with van der Waals surface area (Å²) in [5, 5.41) is 4.03. The van der Waals surface area contributed by atoms with Gasteiger partial charge in [-0.3, -0.25) is 4.79 Å². The zero-order chi connectivity index (χ0) is 14.9. The number of nitrogens with one attached hydrogen (secondary N) is 1. The first-order valence-electron chi connectivity index (χ1n) is 7.62. The molecule has 1 aromatic carbocycles. The minimum atomic E-state index is -0.262. The Labute approximate surface area is 124 Å². The van der Waals surface area contributed by atoms with Crippen LogP contribution in [-0.2, 0) is 0 Å². The van der Waals surface area contributed by atoms with Gasteiger partial charge in [-0.2, -0.15) is 0 Å². The number of furan rings is 1. The molecule has 0 atom stereocenters. The lowest BCUT2D eigenvalue weighted by atomic mass is 9.77. The van der Waals surface area contributed by atoms with Crippen molar-refractivity contribution in [3.05, 3.63) is 36.1 Å². The van der Waals surface area contributed by atoms with Gasteiger partial charge in [-0.15, -0.1) is 0 Å². The monoisotopic (exact) mass is 286 g/mol. The second-order valence-corrected chi connectivity index (χ2v) is 6.27. The standard InChI is InChI=1S/C17H22N2O2/c1-12-6-8-17(11-18,9-7-12)19-16(20)14-10-21-15-5-3-2-4-13(14)15/h2-5,10,12H,6-9,11,18H2,1H3,(H,19,20). The Hall–Kier alpha value is -1.81. The van der Waals surface area contributed by atoms with Gasteiger partial charge in [-0.05, 0) is 37.7 Å². The first-order valence-corrected chi connectivity index (χ1v) is 7.62. The molecule has 112 valence electrons. The second-order valence-electron chi connectivity index (χ2n) is 6.27. The Bertz CT molecular complexity index is 639. The fourth-order valence-corrected chi connectivity index (χ4v) is 3.16. The van der Waals surface area contributed by atoms with Crippen LogP contribution in [-0.4, -0.2) is 18.0 Å². The average molecular weight is 286 g/mol. The number of nitrogens with two attached hydrogens (primary N) is 1. The molecule has 3 N–H and O–H groups in total. The molecule has 1 fully saturated rings. The second kappa shape index (κ2) is 5.53. The van der Waals surface area contributed by atoms with Gasteiger partial charge in [-0.1, -0.05) is 25.1 Å². The van der Waals surface area contributed by atoms with E-state index in [0.29, 0.717) is 12.1 Å². The van der Waals surface area contributed by atoms with Crippen molar-refractivity contribution in [1.29, 1.82) is 0 Å². The molecule has 1 amide bonds. The molecule has 21 heavy (non-hydrogen) atoms. The van der Waals surface area contributed by atoms with Crippen LogP contribution in [0, 0.1) is 5.92 Å². The van der Waals surface area contributed by atoms with Gasteiger partial charge in [0.15, 0.2) is 0 Å². The van der Waals surface area contributed by atoms with Crippen molar-refractivity contribution in [3.63, 3.8) is 0 Å². The molecule has 3 rings (SSSR count). The minimum absolute atomic E-state index is 0.0834. The molecule has 0 aliphatic heterocycles. The highest BCUT2D eigenvalue weighted by atomic mass is 16.3. The highest BCUT2D eigenvalue weighted by Crippen LogP contribution is 2.32. The number of hydrogen-bond acceptors (Lipinski definition) is 3. The first-order chi connectivity index (χ1) is 10.1. The van der Waals surface area contributed by atoms with Crippen molar-refractivity contribution >= 4 is 16.9 Å². The number of rotatable bonds is 3. The molecule has 1 aromatic heterocycles. The van der Waals surface area contributed by atoms with E-state index in [-0.39, 0.29) is 11.4 Å². The topological polar surface area (TPSA) is 68.3 Å². The molecular formula is C17H22N2O2. The maximum absolute atomic E-state index is 12.6. The zero-order valence-corrected chi connectivity index (χ0v) is 12.4. The summed E-state index contributed by atoms with van der Waals surface area (Å²) >= 11 is 0. The van der Waals surface area contributed by atoms with Crippen molar-refractivity contribution in [2.45, 2.75) is 38.1 Å². The number of amides is 1. The van der Waals surface area contributed by atoms with Gasteiger partial charge < -0.3 is 15.5 Å². The van der Waals surface area contributed by atoms with Gasteiger partial charge in [0.2, 0.25) is 0 Å². The molecule has 0 spiro atoms. The maximum atomic E-state index is 12.6. The lowest BCUT2D eigenvalue weighted by Crippen LogP contribution is -2.55. The van der Waals surface area contributed by atoms with Gasteiger partial charge in [0.1, 0.15) is 11.8 Å². The highest BCUT2D eigenvalue weighted by Gasteiger charge is 2.35. The number of carbonyl (C=O) groups is 1. The summed E-state index contributed by atoms with van der Waals surface area (Å²) in [5.41, 5.74) is 7.03. The molecular weight excluding hydrogens is 264 g/mol. The van der Waals surface area contributed by atoms with Crippen LogP contribution in [0.4, 0.5) is 0 Å². The number of benzene rings is 1. The summed E-state index contributed by atoms with van der Waals surface area (Å²) < 4.78 is 5.45. The molecule has 1 aliphatic carbocycles. The molecule has 0 unspecified atom stereocenters. The van der Waals surface area contributed by atoms with Crippen LogP contribution in [0.1, 0.15) is 43.0 Å². The van der Waals surface area contributed by atoms with Gasteiger partial charge >= 0.3 is 0 Å². The van der Waals surface area contributed by atoms with Crippen molar-refractivity contribution < 1.29 is 9.21 Å². The highest BCUT2D eigenvalue weighted by molar-refractivity contribution is 6.06. The van der Waals surface area contributed by atoms with Crippen LogP contribution in [0.5, 0.6) is 0 Å². The molecule has 0 saturated heterocycles. The van der Waals surface area contributed by atoms with Crippen molar-refractivity contribution in [1.82, 2.24) is 5.32 Å². The summed E-state index contributed by atoms with van der Waals surface area (Å²) in [6.07, 6.45) is 5.67. The van der Waals surface area contributed by atoms with Crippen molar-refractivity contribution in [2.24, 2.45) is 11.7 Å². The lowest BCUT2D eigenvalue weighted by Gasteiger charge is -2.39. The minimum Gasteiger partial charge on any atom is -0.463 e. The van der Waals surface area contributed by atoms with E-state index in [1.165, 1.54) is 6.26 Å². The van der Waals surface area contributed by atoms with Crippen molar-refractivity contribution in [3.8, 4) is 0 Å². The molecule has 1 aliphatic rings. The first kappa shape index (κ1) is 14.1. The van der Waals surface area contributed by atoms with Gasteiger partial charge in [0, 0.05) is 11.9 Å². The van der Waals surface area contributed by atoms with Gasteiger partial charge in [0.05, 0.1) is 11.1 Å². The summed E-state index contributed by atoms with van der Waals surface area (Å²) in [6, 6.07) is 7.59. The fraction of sp³-hybridized carbons (Fsp3) is 0.471. The Morgan fingerprint density at radius 1 is 1.38 bits per heavy atom. The van der Waals surface area contributed by atoms with E-state index in [1.54, 1.807) is 0 Å². The molecule has 4 nitrogen and oxygen atoms in total. The lowest BCUT2D eigenvalue weighted by molar-refractivity contribution is 0.0861. The summed E-state index contributed by atoms with van der Waals surface area (Å²) in [6.45, 7) is 2.74. The van der Waals surface area contributed by atoms with Gasteiger partial charge in [0.25, 0.3) is 5.91 Å². The van der Waals surface area contributed by atoms with E-state index in [2.05, 4.69) is 12.2 Å². The zero-order valence-electron chi connectivity index (χ0n) is 12.4. The summed E-state index contributed by atoms with van der Waals surface area (Å²) in [7, 11) is 0. The summed E-state index contributed by atoms with van der Waals surface area (Å²) in [4.78, 5) is 12.6. The molecule has 4 heteroatoms. The van der Waals surface area contributed by atoms with E-state index in [4.69, 9.17) is 10.2 Å². The van der Waals surface area contributed by atoms with Crippen LogP contribution in [0.15, 0.2) is 34.9 Å². The molecule has 0 radical (unpaired) electrons. The number of fused-ring (bicyclic) bond motifs is 1. The number of carbonyl (C=O) groups excluding carboxylic acids is 1. The molecule has 1 saturated carbocycles. The third-order valence-electron chi connectivity index (χ3n) is 4.73. The predicted octanol–water partition coefficient (Wildman–Crippen LogP) is 3.07. The Morgan fingerprint density at radius 3 is 2.81 bits per heavy atom. The molecule has 2 aromatic rings. The largest absolute Gasteiger partial charge is 0.463 e. The van der Waals surface area contributed by atoms with Gasteiger partial charge in [-0.25, -0.2) is 0 Å². The fourth-order valence-electron chi connectivity index (χ4n) is 3.16. The van der Waals surface area contributed by atoms with E-state index in [1.807, 2.05) is 24.3 Å². The van der Waals surface area contributed by atoms with E-state index in [0.717, 1.165) is 42.6 Å². The van der Waals surface area contributed by atoms with Crippen LogP contribution in [0.3, 0.4) is 0 Å². The normalized spacial score (nSPS) is 25.9. The third-order valence-corrected chi connectivity index (χ3v) is 4.73. The predicted molar refractivity (Wildman–Crippen MR) is 83.1 cm³/mol. The maximum Gasteiger partial charge on any atom is 0.255 e. The molecule has 0 bridgehead atoms. The average Bonchev–Trinajstić information content (AvgIpc) is 2.94. The van der Waals surface area contributed by atoms with E-state index in [9.17, 15) is 4.79 Å². The SMILES string of the molecule is CC1CCC(CN)(NC(=O)c2coc3ccccc23)CC1. The van der Waals surface area contributed by atoms with Crippen LogP contribution in [0.25, 0.3) is 11.0 Å². The third kappa shape index (κ3) is 2.68. The van der Waals surface area contributed by atoms with E-state index >= 15 is 0 Å². The van der Waals surface area contributed by atoms with Crippen molar-refractivity contribution in [2.75, 3.05) is 6.54 Å². The molecule has 1 heterocycles. The Balaban J connectivity index is 1.82. The Morgan fingerprint density at radius 2 is 2.10 bits per heavy atom. The smallest absolute Gasteiger partial charge is 0.255 e.